The maximum absolute atomic E-state index is 14.9. The first-order chi connectivity index (χ1) is 54.9. The Labute approximate surface area is 677 Å². The number of hydrogen-bond acceptors (Lipinski definition) is 24. The molecule has 0 spiro atoms. The van der Waals surface area contributed by atoms with E-state index < -0.39 is 163 Å². The number of benzene rings is 1. The minimum atomic E-state index is -1.76. The summed E-state index contributed by atoms with van der Waals surface area (Å²) in [4.78, 5) is 206. The fourth-order valence-electron chi connectivity index (χ4n) is 10.9. The van der Waals surface area contributed by atoms with Crippen molar-refractivity contribution in [2.24, 2.45) is 127 Å². The number of hydrogen-bond donors (Lipinski definition) is 30. The van der Waals surface area contributed by atoms with Crippen molar-refractivity contribution >= 4 is 125 Å². The molecule has 0 saturated carbocycles. The number of primary amides is 2. The Bertz CT molecular complexity index is 3490. The van der Waals surface area contributed by atoms with Gasteiger partial charge in [0.05, 0.1) is 12.6 Å². The number of phenols is 1. The molecule has 46 N–H and O–H groups in total. The number of unbranched alkanes of at least 4 members (excludes halogenated alkanes) is 2. The molecule has 48 nitrogen and oxygen atoms in total. The number of guanidine groups is 6. The van der Waals surface area contributed by atoms with Crippen LogP contribution in [0, 0.1) is 0 Å². The Morgan fingerprint density at radius 1 is 0.328 bits per heavy atom. The summed E-state index contributed by atoms with van der Waals surface area (Å²) in [5.41, 5.74) is 96.3. The average molecular weight is 1660 g/mol. The number of amides is 13. The molecule has 0 bridgehead atoms. The van der Waals surface area contributed by atoms with Gasteiger partial charge in [-0.05, 0) is 159 Å². The lowest BCUT2D eigenvalue weighted by Crippen LogP contribution is -2.60. The lowest BCUT2D eigenvalue weighted by atomic mass is 10.0. The Morgan fingerprint density at radius 2 is 0.569 bits per heavy atom. The number of aromatic hydroxyl groups is 1. The number of carbonyl (C=O) groups is 13. The lowest BCUT2D eigenvalue weighted by Gasteiger charge is -2.28. The Balaban J connectivity index is 3.97. The van der Waals surface area contributed by atoms with Crippen LogP contribution in [0.4, 0.5) is 0 Å². The molecule has 0 saturated heterocycles. The molecule has 0 aliphatic rings. The summed E-state index contributed by atoms with van der Waals surface area (Å²) in [5, 5.41) is 37.9. The summed E-state index contributed by atoms with van der Waals surface area (Å²) in [6, 6.07) is -10.2. The molecular weight excluding hydrogens is 1540 g/mol. The number of nitrogens with one attached hydrogen (secondary N) is 11. The van der Waals surface area contributed by atoms with Gasteiger partial charge in [0, 0.05) is 51.4 Å². The van der Waals surface area contributed by atoms with Crippen molar-refractivity contribution in [3.05, 3.63) is 29.8 Å². The van der Waals surface area contributed by atoms with Crippen molar-refractivity contribution in [3.63, 3.8) is 0 Å². The second-order valence-corrected chi connectivity index (χ2v) is 27.1. The van der Waals surface area contributed by atoms with Crippen LogP contribution in [-0.4, -0.2) is 249 Å². The van der Waals surface area contributed by atoms with Gasteiger partial charge in [0.15, 0.2) is 35.8 Å². The summed E-state index contributed by atoms with van der Waals surface area (Å²) in [7, 11) is 0. The predicted octanol–water partition coefficient (Wildman–Crippen LogP) is -12.5. The largest absolute Gasteiger partial charge is 0.508 e. The van der Waals surface area contributed by atoms with Gasteiger partial charge in [0.25, 0.3) is 0 Å². The molecular formula is C67H124N34O14S. The Kier molecular flexibility index (Phi) is 50.9. The van der Waals surface area contributed by atoms with E-state index in [1.807, 2.05) is 0 Å². The third-order valence-corrected chi connectivity index (χ3v) is 17.3. The summed E-state index contributed by atoms with van der Waals surface area (Å²) < 4.78 is 0. The first-order valence-corrected chi connectivity index (χ1v) is 38.3. The predicted molar refractivity (Wildman–Crippen MR) is 439 cm³/mol. The van der Waals surface area contributed by atoms with Gasteiger partial charge in [-0.15, -0.1) is 0 Å². The average Bonchev–Trinajstić information content (AvgIpc) is 0.869. The number of phenolic OH excluding ortho intramolecular Hbond substituents is 1. The van der Waals surface area contributed by atoms with E-state index in [2.05, 4.69) is 101 Å². The normalized spacial score (nSPS) is 13.6. The number of rotatable bonds is 61. The van der Waals surface area contributed by atoms with Gasteiger partial charge in [-0.1, -0.05) is 12.1 Å². The summed E-state index contributed by atoms with van der Waals surface area (Å²) in [6.45, 7) is -0.681. The Morgan fingerprint density at radius 3 is 0.802 bits per heavy atom. The van der Waals surface area contributed by atoms with E-state index in [4.69, 9.17) is 97.5 Å². The van der Waals surface area contributed by atoms with E-state index in [1.165, 1.54) is 12.1 Å². The third-order valence-electron chi connectivity index (χ3n) is 17.0. The number of carbonyl (C=O) groups excluding carboxylic acids is 13. The van der Waals surface area contributed by atoms with Gasteiger partial charge in [0.2, 0.25) is 76.8 Å². The molecule has 0 radical (unpaired) electrons. The summed E-state index contributed by atoms with van der Waals surface area (Å²) >= 11 is 4.08. The molecule has 0 heterocycles. The van der Waals surface area contributed by atoms with Gasteiger partial charge < -0.3 is 161 Å². The Hall–Kier alpha value is -12.0. The molecule has 0 aliphatic heterocycles. The maximum atomic E-state index is 14.9. The molecule has 652 valence electrons. The monoisotopic (exact) mass is 1660 g/mol. The number of nitrogens with zero attached hydrogens (tertiary/aromatic N) is 6. The van der Waals surface area contributed by atoms with Crippen molar-refractivity contribution < 1.29 is 67.4 Å². The van der Waals surface area contributed by atoms with Gasteiger partial charge in [-0.3, -0.25) is 92.3 Å². The molecule has 0 unspecified atom stereocenters. The van der Waals surface area contributed by atoms with Crippen molar-refractivity contribution in [2.45, 2.75) is 201 Å². The zero-order valence-corrected chi connectivity index (χ0v) is 66.2. The van der Waals surface area contributed by atoms with Crippen LogP contribution < -0.4 is 156 Å². The molecule has 1 aromatic carbocycles. The van der Waals surface area contributed by atoms with Crippen molar-refractivity contribution in [2.75, 3.05) is 64.7 Å². The fourth-order valence-corrected chi connectivity index (χ4v) is 11.2. The van der Waals surface area contributed by atoms with Gasteiger partial charge in [-0.2, -0.15) is 12.6 Å². The van der Waals surface area contributed by atoms with E-state index in [9.17, 15) is 67.4 Å². The molecule has 13 amide bonds. The van der Waals surface area contributed by atoms with E-state index in [0.717, 1.165) is 0 Å². The van der Waals surface area contributed by atoms with Gasteiger partial charge >= 0.3 is 0 Å². The van der Waals surface area contributed by atoms with Crippen LogP contribution in [0.5, 0.6) is 5.75 Å². The van der Waals surface area contributed by atoms with Crippen LogP contribution in [0.2, 0.25) is 0 Å². The second-order valence-electron chi connectivity index (χ2n) is 26.7. The maximum Gasteiger partial charge on any atom is 0.243 e. The smallest absolute Gasteiger partial charge is 0.243 e. The van der Waals surface area contributed by atoms with E-state index in [1.54, 1.807) is 12.1 Å². The van der Waals surface area contributed by atoms with E-state index >= 15 is 0 Å². The van der Waals surface area contributed by atoms with Crippen LogP contribution in [0.3, 0.4) is 0 Å². The van der Waals surface area contributed by atoms with Crippen LogP contribution in [0.25, 0.3) is 0 Å². The van der Waals surface area contributed by atoms with Crippen LogP contribution in [-0.2, 0) is 68.7 Å². The highest BCUT2D eigenvalue weighted by Gasteiger charge is 2.37. The number of aliphatic imine (C=N–C) groups is 6. The molecule has 116 heavy (non-hydrogen) atoms. The first-order valence-electron chi connectivity index (χ1n) is 37.7. The van der Waals surface area contributed by atoms with E-state index in [-0.39, 0.29) is 209 Å². The molecule has 1 aromatic rings. The minimum Gasteiger partial charge on any atom is -0.508 e. The quantitative estimate of drug-likeness (QED) is 0.0125. The van der Waals surface area contributed by atoms with Crippen molar-refractivity contribution in [1.29, 1.82) is 0 Å². The first kappa shape index (κ1) is 102. The molecule has 49 heteroatoms. The summed E-state index contributed by atoms with van der Waals surface area (Å²) in [6.07, 6.45) is -1.07. The lowest BCUT2D eigenvalue weighted by molar-refractivity contribution is -0.136. The highest BCUT2D eigenvalue weighted by atomic mass is 32.1. The SMILES string of the molecule is NCCCC[C@H](NC(=O)[C@H](CCCN=C(N)N)NC(=O)CNC(=O)[C@@H](N)Cc1ccc(O)cc1)C(=O)N[C@@H](CCCCN)C(=O)N[C@@H](CCCN=C(N)N)C(=O)N[C@@H](CCCN=C(N)N)C(=O)N[C@@H](CCC(N)=O)C(=O)N[C@@H](CCCN=C(N)N)C(=O)N[C@@H](CCCN=C(N)N)C(=O)N[C@@H](CCCN=C(N)N)C(=O)N[C@@H](CS)C(N)=O. The van der Waals surface area contributed by atoms with Gasteiger partial charge in [-0.25, -0.2) is 0 Å². The zero-order valence-electron chi connectivity index (χ0n) is 65.3. The minimum absolute atomic E-state index is 0.000569. The highest BCUT2D eigenvalue weighted by molar-refractivity contribution is 7.80. The van der Waals surface area contributed by atoms with Crippen LogP contribution in [0.1, 0.15) is 134 Å². The second kappa shape index (κ2) is 57.9. The molecule has 0 aromatic heterocycles. The standard InChI is InChI=1S/C67H124N34O14S/c68-25-3-1-11-40(93-53(107)39(13-5-27-85-62(73)74)92-50(104)34-91-52(106)38(70)33-36-19-21-37(102)22-20-36)54(108)94-41(12-2-4-26-69)55(109)95-42(14-6-28-86-63(75)76)56(110)97-45(17-9-31-89-66(81)82)59(113)100-47(23-24-49(71)103)61(115)99-44(16-8-30-88-65(79)80)58(112)96-43(15-7-29-87-64(77)78)57(111)98-46(18-10-32-90-67(83)84)60(114)101-48(35-116)51(72)105/h19-22,38-48,102,116H,1-18,23-35,68-70H2,(H2,71,103)(H2,72,105)(H,91,106)(H,92,104)(H,93,107)(H,94,108)(H,95,109)(H,96,112)(H,97,110)(H,98,111)(H,99,115)(H,100,113)(H,101,114)(H4,73,74,85)(H4,75,76,86)(H4,77,78,87)(H4,79,80,88)(H4,81,82,89)(H4,83,84,90)/t38-,39-,40-,41-,42-,43-,44-,45-,46-,47-,48-/m0/s1. The molecule has 0 aliphatic carbocycles. The van der Waals surface area contributed by atoms with Crippen molar-refractivity contribution in [3.8, 4) is 5.75 Å². The molecule has 0 fully saturated rings. The van der Waals surface area contributed by atoms with E-state index in [0.29, 0.717) is 18.4 Å². The number of thiol groups is 1. The van der Waals surface area contributed by atoms with Crippen LogP contribution in [0.15, 0.2) is 54.2 Å². The third kappa shape index (κ3) is 46.2. The van der Waals surface area contributed by atoms with Gasteiger partial charge in [0.1, 0.15) is 66.2 Å². The van der Waals surface area contributed by atoms with Crippen molar-refractivity contribution in [1.82, 2.24) is 58.5 Å². The fraction of sp³-hybridized carbons (Fsp3) is 0.627. The summed E-state index contributed by atoms with van der Waals surface area (Å²) in [5.74, 6) is -14.2. The molecule has 1 rings (SSSR count). The topological polar surface area (TPSA) is 891 Å². The molecule has 11 atom stereocenters. The zero-order chi connectivity index (χ0) is 87.2. The highest BCUT2D eigenvalue weighted by Crippen LogP contribution is 2.15. The number of nitrogens with two attached hydrogens (primary N) is 17. The van der Waals surface area contributed by atoms with Crippen LogP contribution >= 0.6 is 12.6 Å².